The van der Waals surface area contributed by atoms with Gasteiger partial charge in [0, 0.05) is 12.4 Å². The van der Waals surface area contributed by atoms with Crippen LogP contribution < -0.4 is 4.72 Å². The van der Waals surface area contributed by atoms with Gasteiger partial charge in [-0.3, -0.25) is 4.98 Å². The van der Waals surface area contributed by atoms with Gasteiger partial charge in [0.15, 0.2) is 0 Å². The second kappa shape index (κ2) is 7.16. The Labute approximate surface area is 149 Å². The lowest BCUT2D eigenvalue weighted by Crippen LogP contribution is -2.39. The number of halogens is 6. The summed E-state index contributed by atoms with van der Waals surface area (Å²) >= 11 is 0. The summed E-state index contributed by atoms with van der Waals surface area (Å²) < 4.78 is 105. The standard InChI is InChI=1S/C15H9F6N3O2S/c16-14(17,18)12-4-2-1-3-11(12)13(15(19,20)21)24-27(25,26)10-5-9(6-22)7-23-8-10/h1-5,7-8,13,24H. The molecular formula is C15H9F6N3O2S. The van der Waals surface area contributed by atoms with Gasteiger partial charge in [0.1, 0.15) is 17.0 Å². The smallest absolute Gasteiger partial charge is 0.262 e. The van der Waals surface area contributed by atoms with Crippen LogP contribution in [-0.2, 0) is 16.2 Å². The second-order valence-corrected chi connectivity index (χ2v) is 6.92. The zero-order valence-corrected chi connectivity index (χ0v) is 13.8. The van der Waals surface area contributed by atoms with Crippen molar-refractivity contribution in [1.82, 2.24) is 9.71 Å². The summed E-state index contributed by atoms with van der Waals surface area (Å²) in [5, 5.41) is 8.73. The van der Waals surface area contributed by atoms with Crippen LogP contribution in [0.15, 0.2) is 47.6 Å². The van der Waals surface area contributed by atoms with Crippen LogP contribution >= 0.6 is 0 Å². The third-order valence-electron chi connectivity index (χ3n) is 3.33. The summed E-state index contributed by atoms with van der Waals surface area (Å²) in [5.74, 6) is 0. The highest BCUT2D eigenvalue weighted by Crippen LogP contribution is 2.41. The molecule has 0 radical (unpaired) electrons. The minimum atomic E-state index is -5.37. The number of rotatable bonds is 4. The molecule has 2 aromatic rings. The van der Waals surface area contributed by atoms with Crippen LogP contribution in [0.2, 0.25) is 0 Å². The van der Waals surface area contributed by atoms with Crippen molar-refractivity contribution in [2.24, 2.45) is 0 Å². The predicted octanol–water partition coefficient (Wildman–Crippen LogP) is 3.55. The monoisotopic (exact) mass is 409 g/mol. The normalized spacial score (nSPS) is 13.8. The number of benzene rings is 1. The first-order valence-electron chi connectivity index (χ1n) is 6.96. The summed E-state index contributed by atoms with van der Waals surface area (Å²) in [6.07, 6.45) is -8.85. The molecule has 0 saturated heterocycles. The SMILES string of the molecule is N#Cc1cncc(S(=O)(=O)NC(c2ccccc2C(F)(F)F)C(F)(F)F)c1. The number of hydrogen-bond acceptors (Lipinski definition) is 4. The molecule has 1 unspecified atom stereocenters. The lowest BCUT2D eigenvalue weighted by atomic mass is 10.0. The molecule has 1 N–H and O–H groups in total. The van der Waals surface area contributed by atoms with Crippen LogP contribution in [0.4, 0.5) is 26.3 Å². The highest BCUT2D eigenvalue weighted by atomic mass is 32.2. The summed E-state index contributed by atoms with van der Waals surface area (Å²) in [6.45, 7) is 0. The number of nitrogens with zero attached hydrogens (tertiary/aromatic N) is 2. The Bertz CT molecular complexity index is 980. The fourth-order valence-corrected chi connectivity index (χ4v) is 3.35. The molecule has 12 heteroatoms. The fourth-order valence-electron chi connectivity index (χ4n) is 2.16. The minimum absolute atomic E-state index is 0.253. The van der Waals surface area contributed by atoms with Crippen molar-refractivity contribution in [3.05, 3.63) is 59.4 Å². The van der Waals surface area contributed by atoms with Crippen LogP contribution in [0.3, 0.4) is 0 Å². The number of pyridine rings is 1. The molecule has 1 atom stereocenters. The molecule has 0 saturated carbocycles. The number of nitriles is 1. The molecule has 0 amide bonds. The van der Waals surface area contributed by atoms with E-state index >= 15 is 0 Å². The Balaban J connectivity index is 2.56. The van der Waals surface area contributed by atoms with E-state index in [1.165, 1.54) is 4.72 Å². The maximum atomic E-state index is 13.4. The minimum Gasteiger partial charge on any atom is -0.262 e. The van der Waals surface area contributed by atoms with E-state index in [1.54, 1.807) is 6.07 Å². The molecule has 5 nitrogen and oxygen atoms in total. The highest BCUT2D eigenvalue weighted by molar-refractivity contribution is 7.89. The van der Waals surface area contributed by atoms with Gasteiger partial charge in [0.05, 0.1) is 11.1 Å². The van der Waals surface area contributed by atoms with Crippen molar-refractivity contribution < 1.29 is 34.8 Å². The molecule has 2 rings (SSSR count). The van der Waals surface area contributed by atoms with Crippen LogP contribution in [0.5, 0.6) is 0 Å². The molecule has 1 heterocycles. The van der Waals surface area contributed by atoms with Gasteiger partial charge in [-0.1, -0.05) is 18.2 Å². The molecule has 1 aromatic carbocycles. The van der Waals surface area contributed by atoms with E-state index in [-0.39, 0.29) is 5.56 Å². The molecule has 1 aromatic heterocycles. The Morgan fingerprint density at radius 1 is 1.07 bits per heavy atom. The van der Waals surface area contributed by atoms with E-state index < -0.39 is 44.4 Å². The maximum Gasteiger partial charge on any atom is 0.416 e. The zero-order valence-electron chi connectivity index (χ0n) is 13.0. The average Bonchev–Trinajstić information content (AvgIpc) is 2.58. The molecule has 0 fully saturated rings. The second-order valence-electron chi connectivity index (χ2n) is 5.20. The number of alkyl halides is 6. The van der Waals surface area contributed by atoms with Crippen molar-refractivity contribution in [2.75, 3.05) is 0 Å². The molecule has 0 aliphatic carbocycles. The number of nitrogens with one attached hydrogen (secondary N) is 1. The summed E-state index contributed by atoms with van der Waals surface area (Å²) in [6, 6.07) is 1.91. The first-order chi connectivity index (χ1) is 12.4. The van der Waals surface area contributed by atoms with Gasteiger partial charge >= 0.3 is 12.4 Å². The van der Waals surface area contributed by atoms with Gasteiger partial charge in [-0.2, -0.15) is 36.3 Å². The van der Waals surface area contributed by atoms with Gasteiger partial charge in [-0.25, -0.2) is 8.42 Å². The van der Waals surface area contributed by atoms with Crippen LogP contribution in [0.1, 0.15) is 22.7 Å². The van der Waals surface area contributed by atoms with Gasteiger partial charge in [-0.15, -0.1) is 0 Å². The van der Waals surface area contributed by atoms with Crippen molar-refractivity contribution in [2.45, 2.75) is 23.3 Å². The van der Waals surface area contributed by atoms with Crippen molar-refractivity contribution in [3.8, 4) is 6.07 Å². The van der Waals surface area contributed by atoms with Crippen LogP contribution in [-0.4, -0.2) is 19.6 Å². The van der Waals surface area contributed by atoms with E-state index in [1.807, 2.05) is 0 Å². The van der Waals surface area contributed by atoms with Gasteiger partial charge in [0.2, 0.25) is 10.0 Å². The number of hydrogen-bond donors (Lipinski definition) is 1. The Kier molecular flexibility index (Phi) is 5.48. The molecule has 0 aliphatic heterocycles. The van der Waals surface area contributed by atoms with E-state index in [2.05, 4.69) is 4.98 Å². The van der Waals surface area contributed by atoms with Crippen LogP contribution in [0.25, 0.3) is 0 Å². The Hall–Kier alpha value is -2.65. The number of aromatic nitrogens is 1. The fraction of sp³-hybridized carbons (Fsp3) is 0.200. The lowest BCUT2D eigenvalue weighted by Gasteiger charge is -2.24. The number of sulfonamides is 1. The van der Waals surface area contributed by atoms with Gasteiger partial charge in [0.25, 0.3) is 0 Å². The van der Waals surface area contributed by atoms with E-state index in [4.69, 9.17) is 5.26 Å². The molecule has 0 aliphatic rings. The first-order valence-corrected chi connectivity index (χ1v) is 8.45. The zero-order chi connectivity index (χ0) is 20.5. The van der Waals surface area contributed by atoms with E-state index in [9.17, 15) is 34.8 Å². The third-order valence-corrected chi connectivity index (χ3v) is 4.72. The largest absolute Gasteiger partial charge is 0.416 e. The Morgan fingerprint density at radius 2 is 1.70 bits per heavy atom. The third kappa shape index (κ3) is 4.75. The van der Waals surface area contributed by atoms with Crippen LogP contribution in [0, 0.1) is 11.3 Å². The quantitative estimate of drug-likeness (QED) is 0.783. The van der Waals surface area contributed by atoms with Crippen molar-refractivity contribution in [1.29, 1.82) is 5.26 Å². The van der Waals surface area contributed by atoms with Gasteiger partial charge < -0.3 is 0 Å². The average molecular weight is 409 g/mol. The summed E-state index contributed by atoms with van der Waals surface area (Å²) in [5.41, 5.74) is -3.18. The summed E-state index contributed by atoms with van der Waals surface area (Å²) in [4.78, 5) is 2.63. The van der Waals surface area contributed by atoms with Gasteiger partial charge in [-0.05, 0) is 17.7 Å². The van der Waals surface area contributed by atoms with Crippen molar-refractivity contribution in [3.63, 3.8) is 0 Å². The summed E-state index contributed by atoms with van der Waals surface area (Å²) in [7, 11) is -4.94. The molecule has 27 heavy (non-hydrogen) atoms. The molecule has 0 bridgehead atoms. The lowest BCUT2D eigenvalue weighted by molar-refractivity contribution is -0.158. The highest BCUT2D eigenvalue weighted by Gasteiger charge is 2.47. The van der Waals surface area contributed by atoms with E-state index in [0.717, 1.165) is 24.4 Å². The van der Waals surface area contributed by atoms with E-state index in [0.29, 0.717) is 18.3 Å². The molecule has 144 valence electrons. The Morgan fingerprint density at radius 3 is 2.26 bits per heavy atom. The molecule has 0 spiro atoms. The topological polar surface area (TPSA) is 82.8 Å². The van der Waals surface area contributed by atoms with Crippen molar-refractivity contribution >= 4 is 10.0 Å². The first kappa shape index (κ1) is 20.7. The molecular weight excluding hydrogens is 400 g/mol. The maximum absolute atomic E-state index is 13.4. The predicted molar refractivity (Wildman–Crippen MR) is 79.5 cm³/mol.